The molecule has 3 heteroatoms. The van der Waals surface area contributed by atoms with Crippen LogP contribution in [0.1, 0.15) is 30.5 Å². The first-order valence-corrected chi connectivity index (χ1v) is 9.71. The fraction of sp³-hybridized carbons (Fsp3) is 0.318. The number of nitrogens with zero attached hydrogens (tertiary/aromatic N) is 1. The highest BCUT2D eigenvalue weighted by atomic mass is 79.9. The zero-order valence-corrected chi connectivity index (χ0v) is 15.9. The van der Waals surface area contributed by atoms with Gasteiger partial charge in [-0.15, -0.1) is 0 Å². The molecule has 128 valence electrons. The van der Waals surface area contributed by atoms with Crippen molar-refractivity contribution >= 4 is 21.8 Å². The third kappa shape index (κ3) is 3.06. The van der Waals surface area contributed by atoms with Gasteiger partial charge in [-0.05, 0) is 29.5 Å². The molecule has 1 heterocycles. The van der Waals surface area contributed by atoms with Gasteiger partial charge in [0.25, 0.3) is 0 Å². The van der Waals surface area contributed by atoms with E-state index in [1.165, 1.54) is 11.1 Å². The molecular weight excluding hydrogens is 374 g/mol. The second-order valence-corrected chi connectivity index (χ2v) is 8.05. The molecule has 0 aromatic heterocycles. The van der Waals surface area contributed by atoms with Crippen molar-refractivity contribution in [2.24, 2.45) is 17.8 Å². The van der Waals surface area contributed by atoms with Crippen LogP contribution in [0.2, 0.25) is 0 Å². The van der Waals surface area contributed by atoms with Crippen LogP contribution >= 0.6 is 15.9 Å². The first-order valence-electron chi connectivity index (χ1n) is 8.92. The van der Waals surface area contributed by atoms with E-state index in [4.69, 9.17) is 0 Å². The summed E-state index contributed by atoms with van der Waals surface area (Å²) in [6.07, 6.45) is 5.52. The third-order valence-electron chi connectivity index (χ3n) is 5.47. The quantitative estimate of drug-likeness (QED) is 0.640. The highest BCUT2D eigenvalue weighted by molar-refractivity contribution is 9.10. The van der Waals surface area contributed by atoms with Gasteiger partial charge in [0.15, 0.2) is 0 Å². The van der Waals surface area contributed by atoms with Crippen molar-refractivity contribution < 1.29 is 4.79 Å². The summed E-state index contributed by atoms with van der Waals surface area (Å²) in [5, 5.41) is 0. The Morgan fingerprint density at radius 2 is 1.76 bits per heavy atom. The van der Waals surface area contributed by atoms with Crippen LogP contribution in [0, 0.1) is 17.8 Å². The van der Waals surface area contributed by atoms with Gasteiger partial charge in [-0.1, -0.05) is 83.5 Å². The Balaban J connectivity index is 1.76. The Morgan fingerprint density at radius 3 is 2.52 bits per heavy atom. The van der Waals surface area contributed by atoms with Crippen molar-refractivity contribution in [3.63, 3.8) is 0 Å². The Labute approximate surface area is 157 Å². The molecule has 4 atom stereocenters. The van der Waals surface area contributed by atoms with E-state index in [1.807, 2.05) is 24.3 Å². The lowest BCUT2D eigenvalue weighted by atomic mass is 9.77. The van der Waals surface area contributed by atoms with Crippen LogP contribution < -0.4 is 0 Å². The van der Waals surface area contributed by atoms with Crippen molar-refractivity contribution in [3.05, 3.63) is 82.3 Å². The van der Waals surface area contributed by atoms with Crippen molar-refractivity contribution in [1.82, 2.24) is 4.90 Å². The summed E-state index contributed by atoms with van der Waals surface area (Å²) >= 11 is 3.71. The van der Waals surface area contributed by atoms with Gasteiger partial charge in [-0.3, -0.25) is 4.79 Å². The molecule has 1 saturated heterocycles. The minimum Gasteiger partial charge on any atom is -0.330 e. The molecule has 0 radical (unpaired) electrons. The normalized spacial score (nSPS) is 28.2. The summed E-state index contributed by atoms with van der Waals surface area (Å²) in [5.41, 5.74) is 2.39. The number of allylic oxidation sites excluding steroid dienone is 1. The van der Waals surface area contributed by atoms with E-state index in [1.54, 1.807) is 0 Å². The van der Waals surface area contributed by atoms with Crippen LogP contribution in [-0.2, 0) is 11.3 Å². The van der Waals surface area contributed by atoms with Crippen LogP contribution in [0.25, 0.3) is 0 Å². The molecule has 25 heavy (non-hydrogen) atoms. The molecule has 2 aromatic rings. The highest BCUT2D eigenvalue weighted by Gasteiger charge is 2.48. The van der Waals surface area contributed by atoms with Gasteiger partial charge < -0.3 is 4.90 Å². The maximum atomic E-state index is 13.3. The number of carbonyl (C=O) groups excluding carboxylic acids is 1. The topological polar surface area (TPSA) is 20.3 Å². The first kappa shape index (κ1) is 16.6. The van der Waals surface area contributed by atoms with Crippen molar-refractivity contribution in [3.8, 4) is 0 Å². The van der Waals surface area contributed by atoms with E-state index in [-0.39, 0.29) is 17.9 Å². The van der Waals surface area contributed by atoms with Gasteiger partial charge in [-0.2, -0.15) is 0 Å². The summed E-state index contributed by atoms with van der Waals surface area (Å²) in [5.74, 6) is 1.12. The number of hydrogen-bond donors (Lipinski definition) is 0. The molecular formula is C22H22BrNO. The van der Waals surface area contributed by atoms with Gasteiger partial charge in [0, 0.05) is 22.9 Å². The molecule has 1 amide bonds. The SMILES string of the molecule is C[C@H]1C=C[C@@H]2[C@H](C1)C(=O)N(Cc1ccccc1)[C@H]2c1ccccc1Br. The number of rotatable bonds is 3. The number of benzene rings is 2. The Bertz CT molecular complexity index is 801. The predicted octanol–water partition coefficient (Wildman–Crippen LogP) is 5.36. The van der Waals surface area contributed by atoms with Crippen LogP contribution in [0.15, 0.2) is 71.2 Å². The zero-order chi connectivity index (χ0) is 17.4. The molecule has 2 nitrogen and oxygen atoms in total. The van der Waals surface area contributed by atoms with Crippen molar-refractivity contribution in [1.29, 1.82) is 0 Å². The molecule has 1 aliphatic heterocycles. The number of likely N-dealkylation sites (tertiary alicyclic amines) is 1. The maximum Gasteiger partial charge on any atom is 0.227 e. The van der Waals surface area contributed by atoms with Gasteiger partial charge in [0.2, 0.25) is 5.91 Å². The third-order valence-corrected chi connectivity index (χ3v) is 6.19. The minimum absolute atomic E-state index is 0.0945. The van der Waals surface area contributed by atoms with E-state index in [0.717, 1.165) is 10.9 Å². The second-order valence-electron chi connectivity index (χ2n) is 7.20. The largest absolute Gasteiger partial charge is 0.330 e. The fourth-order valence-corrected chi connectivity index (χ4v) is 4.80. The monoisotopic (exact) mass is 395 g/mol. The van der Waals surface area contributed by atoms with E-state index in [0.29, 0.717) is 18.4 Å². The van der Waals surface area contributed by atoms with Gasteiger partial charge >= 0.3 is 0 Å². The lowest BCUT2D eigenvalue weighted by Crippen LogP contribution is -2.29. The summed E-state index contributed by atoms with van der Waals surface area (Å²) in [6, 6.07) is 18.7. The molecule has 2 aromatic carbocycles. The van der Waals surface area contributed by atoms with E-state index < -0.39 is 0 Å². The molecule has 0 spiro atoms. The zero-order valence-electron chi connectivity index (χ0n) is 14.3. The Hall–Kier alpha value is -1.87. The summed E-state index contributed by atoms with van der Waals surface area (Å²) < 4.78 is 1.08. The van der Waals surface area contributed by atoms with E-state index >= 15 is 0 Å². The fourth-order valence-electron chi connectivity index (χ4n) is 4.28. The highest BCUT2D eigenvalue weighted by Crippen LogP contribution is 2.49. The molecule has 0 bridgehead atoms. The Kier molecular flexibility index (Phi) is 4.51. The van der Waals surface area contributed by atoms with E-state index in [9.17, 15) is 4.79 Å². The van der Waals surface area contributed by atoms with Crippen LogP contribution in [-0.4, -0.2) is 10.8 Å². The standard InChI is InChI=1S/C22H22BrNO/c1-15-11-12-17-19(13-15)22(25)24(14-16-7-3-2-4-8-16)21(17)18-9-5-6-10-20(18)23/h2-12,15,17,19,21H,13-14H2,1H3/t15-,17+,19-,21+/m0/s1. The second kappa shape index (κ2) is 6.80. The van der Waals surface area contributed by atoms with Crippen molar-refractivity contribution in [2.75, 3.05) is 0 Å². The molecule has 0 saturated carbocycles. The van der Waals surface area contributed by atoms with Gasteiger partial charge in [0.05, 0.1) is 6.04 Å². The molecule has 1 aliphatic carbocycles. The smallest absolute Gasteiger partial charge is 0.227 e. The van der Waals surface area contributed by atoms with Crippen LogP contribution in [0.3, 0.4) is 0 Å². The maximum absolute atomic E-state index is 13.3. The lowest BCUT2D eigenvalue weighted by molar-refractivity contribution is -0.133. The molecule has 2 aliphatic rings. The Morgan fingerprint density at radius 1 is 1.04 bits per heavy atom. The van der Waals surface area contributed by atoms with Gasteiger partial charge in [-0.25, -0.2) is 0 Å². The average molecular weight is 396 g/mol. The summed E-state index contributed by atoms with van der Waals surface area (Å²) in [4.78, 5) is 15.4. The average Bonchev–Trinajstić information content (AvgIpc) is 2.88. The van der Waals surface area contributed by atoms with Crippen molar-refractivity contribution in [2.45, 2.75) is 25.9 Å². The number of fused-ring (bicyclic) bond motifs is 1. The molecule has 0 unspecified atom stereocenters. The summed E-state index contributed by atoms with van der Waals surface area (Å²) in [7, 11) is 0. The number of hydrogen-bond acceptors (Lipinski definition) is 1. The summed E-state index contributed by atoms with van der Waals surface area (Å²) in [6.45, 7) is 2.87. The van der Waals surface area contributed by atoms with E-state index in [2.05, 4.69) is 70.2 Å². The predicted molar refractivity (Wildman–Crippen MR) is 104 cm³/mol. The van der Waals surface area contributed by atoms with Gasteiger partial charge in [0.1, 0.15) is 0 Å². The molecule has 1 fully saturated rings. The molecule has 4 rings (SSSR count). The number of carbonyl (C=O) groups is 1. The van der Waals surface area contributed by atoms with Crippen LogP contribution in [0.5, 0.6) is 0 Å². The number of halogens is 1. The first-order chi connectivity index (χ1) is 12.1. The minimum atomic E-state index is 0.0945. The number of amides is 1. The lowest BCUT2D eigenvalue weighted by Gasteiger charge is -2.30. The molecule has 0 N–H and O–H groups in total. The van der Waals surface area contributed by atoms with Crippen LogP contribution in [0.4, 0.5) is 0 Å².